The van der Waals surface area contributed by atoms with Crippen LogP contribution in [0.5, 0.6) is 5.75 Å². The number of benzene rings is 2. The van der Waals surface area contributed by atoms with E-state index in [1.54, 1.807) is 13.4 Å². The monoisotopic (exact) mass is 404 g/mol. The van der Waals surface area contributed by atoms with Crippen molar-refractivity contribution in [3.63, 3.8) is 0 Å². The second-order valence-corrected chi connectivity index (χ2v) is 7.38. The molecule has 0 saturated carbocycles. The van der Waals surface area contributed by atoms with Crippen molar-refractivity contribution in [2.75, 3.05) is 26.7 Å². The van der Waals surface area contributed by atoms with E-state index in [-0.39, 0.29) is 0 Å². The Morgan fingerprint density at radius 2 is 2.00 bits per heavy atom. The quantitative estimate of drug-likeness (QED) is 0.490. The van der Waals surface area contributed by atoms with E-state index < -0.39 is 0 Å². The van der Waals surface area contributed by atoms with Gasteiger partial charge in [0.1, 0.15) is 17.7 Å². The molecule has 1 aliphatic heterocycles. The van der Waals surface area contributed by atoms with Gasteiger partial charge in [0.25, 0.3) is 0 Å². The molecule has 2 aromatic carbocycles. The van der Waals surface area contributed by atoms with Crippen LogP contribution in [0.3, 0.4) is 0 Å². The summed E-state index contributed by atoms with van der Waals surface area (Å²) in [7, 11) is 1.70. The number of nitrogens with zero attached hydrogens (tertiary/aromatic N) is 3. The molecule has 30 heavy (non-hydrogen) atoms. The minimum Gasteiger partial charge on any atom is -0.497 e. The molecule has 0 amide bonds. The van der Waals surface area contributed by atoms with Crippen LogP contribution in [0.15, 0.2) is 70.3 Å². The third-order valence-electron chi connectivity index (χ3n) is 5.37. The van der Waals surface area contributed by atoms with Crippen molar-refractivity contribution in [3.05, 3.63) is 72.1 Å². The molecule has 1 aliphatic rings. The molecule has 0 aliphatic carbocycles. The molecule has 1 saturated heterocycles. The van der Waals surface area contributed by atoms with E-state index in [9.17, 15) is 0 Å². The largest absolute Gasteiger partial charge is 0.497 e. The Balaban J connectivity index is 1.42. The number of guanidine groups is 1. The minimum absolute atomic E-state index is 0.488. The lowest BCUT2D eigenvalue weighted by Crippen LogP contribution is -2.40. The Labute approximate surface area is 177 Å². The fourth-order valence-corrected chi connectivity index (χ4v) is 3.78. The molecule has 0 spiro atoms. The molecular formula is C24H28N4O2. The summed E-state index contributed by atoms with van der Waals surface area (Å²) in [5, 5.41) is 3.42. The number of nitrogens with one attached hydrogen (secondary N) is 1. The molecule has 6 nitrogen and oxygen atoms in total. The number of hydrogen-bond acceptors (Lipinski definition) is 4. The van der Waals surface area contributed by atoms with E-state index in [0.717, 1.165) is 49.0 Å². The van der Waals surface area contributed by atoms with Crippen molar-refractivity contribution in [2.24, 2.45) is 4.99 Å². The predicted octanol–water partition coefficient (Wildman–Crippen LogP) is 4.31. The van der Waals surface area contributed by atoms with Gasteiger partial charge in [-0.25, -0.2) is 9.98 Å². The maximum Gasteiger partial charge on any atom is 0.226 e. The Bertz CT molecular complexity index is 966. The average Bonchev–Trinajstić information content (AvgIpc) is 3.47. The van der Waals surface area contributed by atoms with Gasteiger partial charge < -0.3 is 19.4 Å². The normalized spacial score (nSPS) is 16.7. The molecule has 3 aromatic rings. The van der Waals surface area contributed by atoms with Crippen LogP contribution < -0.4 is 10.1 Å². The van der Waals surface area contributed by atoms with Gasteiger partial charge in [-0.1, -0.05) is 30.3 Å². The second kappa shape index (κ2) is 9.48. The molecule has 1 aromatic heterocycles. The van der Waals surface area contributed by atoms with E-state index in [1.807, 2.05) is 42.5 Å². The van der Waals surface area contributed by atoms with Gasteiger partial charge in [0, 0.05) is 31.1 Å². The molecule has 0 bridgehead atoms. The molecule has 1 atom stereocenters. The molecule has 2 heterocycles. The van der Waals surface area contributed by atoms with Gasteiger partial charge in [0.2, 0.25) is 5.89 Å². The van der Waals surface area contributed by atoms with Crippen molar-refractivity contribution < 1.29 is 9.15 Å². The fourth-order valence-electron chi connectivity index (χ4n) is 3.78. The maximum atomic E-state index is 5.64. The lowest BCUT2D eigenvalue weighted by molar-refractivity contribution is 0.414. The molecular weight excluding hydrogens is 376 g/mol. The van der Waals surface area contributed by atoms with E-state index in [2.05, 4.69) is 34.3 Å². The van der Waals surface area contributed by atoms with Crippen LogP contribution in [0.25, 0.3) is 11.5 Å². The zero-order valence-corrected chi connectivity index (χ0v) is 17.5. The van der Waals surface area contributed by atoms with Gasteiger partial charge >= 0.3 is 0 Å². The summed E-state index contributed by atoms with van der Waals surface area (Å²) < 4.78 is 10.9. The number of rotatable bonds is 6. The van der Waals surface area contributed by atoms with Gasteiger partial charge in [0.15, 0.2) is 5.96 Å². The van der Waals surface area contributed by atoms with E-state index in [0.29, 0.717) is 18.4 Å². The highest BCUT2D eigenvalue weighted by atomic mass is 16.5. The molecule has 156 valence electrons. The van der Waals surface area contributed by atoms with Gasteiger partial charge in [-0.15, -0.1) is 0 Å². The summed E-state index contributed by atoms with van der Waals surface area (Å²) >= 11 is 0. The highest BCUT2D eigenvalue weighted by Gasteiger charge is 2.26. The van der Waals surface area contributed by atoms with Crippen LogP contribution in [-0.4, -0.2) is 42.6 Å². The van der Waals surface area contributed by atoms with E-state index in [4.69, 9.17) is 14.1 Å². The average molecular weight is 405 g/mol. The van der Waals surface area contributed by atoms with Crippen molar-refractivity contribution in [2.45, 2.75) is 25.8 Å². The number of likely N-dealkylation sites (tertiary alicyclic amines) is 1. The van der Waals surface area contributed by atoms with Gasteiger partial charge in [-0.05, 0) is 43.2 Å². The molecule has 4 rings (SSSR count). The van der Waals surface area contributed by atoms with Crippen molar-refractivity contribution in [3.8, 4) is 17.2 Å². The number of ether oxygens (including phenoxy) is 1. The Morgan fingerprint density at radius 3 is 2.73 bits per heavy atom. The van der Waals surface area contributed by atoms with E-state index >= 15 is 0 Å². The Hall–Kier alpha value is -3.28. The third-order valence-corrected chi connectivity index (χ3v) is 5.37. The molecule has 0 radical (unpaired) electrons. The summed E-state index contributed by atoms with van der Waals surface area (Å²) in [5.41, 5.74) is 3.15. The first-order chi connectivity index (χ1) is 14.8. The summed E-state index contributed by atoms with van der Waals surface area (Å²) in [4.78, 5) is 11.7. The Kier molecular flexibility index (Phi) is 6.32. The van der Waals surface area contributed by atoms with Crippen LogP contribution in [0.1, 0.15) is 30.5 Å². The number of hydrogen-bond donors (Lipinski definition) is 1. The number of aliphatic imine (C=N–C) groups is 1. The molecule has 6 heteroatoms. The first kappa shape index (κ1) is 20.0. The summed E-state index contributed by atoms with van der Waals surface area (Å²) in [6, 6.07) is 18.3. The third kappa shape index (κ3) is 4.64. The second-order valence-electron chi connectivity index (χ2n) is 7.38. The standard InChI is InChI=1S/C24H28N4O2/c1-3-25-24(26-15-21-17-30-23(27-21)19-7-5-4-6-8-19)28-14-13-20(16-28)18-9-11-22(29-2)12-10-18/h4-12,17,20H,3,13-16H2,1-2H3,(H,25,26). The highest BCUT2D eigenvalue weighted by Crippen LogP contribution is 2.28. The number of oxazole rings is 1. The molecule has 1 fully saturated rings. The smallest absolute Gasteiger partial charge is 0.226 e. The summed E-state index contributed by atoms with van der Waals surface area (Å²) in [5.74, 6) is 2.95. The van der Waals surface area contributed by atoms with Crippen LogP contribution >= 0.6 is 0 Å². The zero-order valence-electron chi connectivity index (χ0n) is 17.5. The minimum atomic E-state index is 0.488. The van der Waals surface area contributed by atoms with Gasteiger partial charge in [-0.2, -0.15) is 0 Å². The van der Waals surface area contributed by atoms with Gasteiger partial charge in [-0.3, -0.25) is 0 Å². The fraction of sp³-hybridized carbons (Fsp3) is 0.333. The number of methoxy groups -OCH3 is 1. The summed E-state index contributed by atoms with van der Waals surface area (Å²) in [6.07, 6.45) is 2.80. The zero-order chi connectivity index (χ0) is 20.8. The lowest BCUT2D eigenvalue weighted by Gasteiger charge is -2.21. The van der Waals surface area contributed by atoms with Crippen LogP contribution in [0, 0.1) is 0 Å². The number of aromatic nitrogens is 1. The first-order valence-corrected chi connectivity index (χ1v) is 10.4. The topological polar surface area (TPSA) is 62.9 Å². The van der Waals surface area contributed by atoms with Crippen LogP contribution in [0.4, 0.5) is 0 Å². The molecule has 1 N–H and O–H groups in total. The summed E-state index contributed by atoms with van der Waals surface area (Å²) in [6.45, 7) is 5.35. The van der Waals surface area contributed by atoms with Gasteiger partial charge in [0.05, 0.1) is 13.7 Å². The predicted molar refractivity (Wildman–Crippen MR) is 119 cm³/mol. The van der Waals surface area contributed by atoms with Crippen LogP contribution in [0.2, 0.25) is 0 Å². The van der Waals surface area contributed by atoms with E-state index in [1.165, 1.54) is 5.56 Å². The van der Waals surface area contributed by atoms with Crippen molar-refractivity contribution >= 4 is 5.96 Å². The first-order valence-electron chi connectivity index (χ1n) is 10.4. The van der Waals surface area contributed by atoms with Crippen LogP contribution in [-0.2, 0) is 6.54 Å². The highest BCUT2D eigenvalue weighted by molar-refractivity contribution is 5.80. The lowest BCUT2D eigenvalue weighted by atomic mass is 9.98. The molecule has 1 unspecified atom stereocenters. The maximum absolute atomic E-state index is 5.64. The van der Waals surface area contributed by atoms with Crippen molar-refractivity contribution in [1.29, 1.82) is 0 Å². The van der Waals surface area contributed by atoms with Crippen molar-refractivity contribution in [1.82, 2.24) is 15.2 Å². The Morgan fingerprint density at radius 1 is 1.20 bits per heavy atom. The SMILES string of the molecule is CCNC(=NCc1coc(-c2ccccc2)n1)N1CCC(c2ccc(OC)cc2)C1.